The van der Waals surface area contributed by atoms with Crippen molar-refractivity contribution in [1.82, 2.24) is 61.5 Å². The maximum Gasteiger partial charge on any atom is 0.331 e. The van der Waals surface area contributed by atoms with Crippen LogP contribution in [-0.2, 0) is 70.5 Å². The highest BCUT2D eigenvalue weighted by atomic mass is 16.5. The Bertz CT molecular complexity index is 4400. The molecule has 0 radical (unpaired) electrons. The Balaban J connectivity index is 0.836. The number of carboxylic acid groups (broad SMARTS) is 5. The third-order valence-electron chi connectivity index (χ3n) is 18.4. The Morgan fingerprint density at radius 3 is 2.05 bits per heavy atom. The van der Waals surface area contributed by atoms with Crippen molar-refractivity contribution in [3.8, 4) is 11.6 Å². The van der Waals surface area contributed by atoms with Gasteiger partial charge in [0.2, 0.25) is 23.6 Å². The van der Waals surface area contributed by atoms with Gasteiger partial charge in [-0.1, -0.05) is 78.8 Å². The number of benzene rings is 2. The van der Waals surface area contributed by atoms with Gasteiger partial charge >= 0.3 is 35.8 Å². The number of amides is 4. The lowest BCUT2D eigenvalue weighted by molar-refractivity contribution is -0.146. The summed E-state index contributed by atoms with van der Waals surface area (Å²) in [5, 5.41) is 95.2. The molecular formula is C77H94N14O21. The van der Waals surface area contributed by atoms with Crippen LogP contribution in [-0.4, -0.2) is 197 Å². The second-order valence-corrected chi connectivity index (χ2v) is 27.5. The zero-order valence-corrected chi connectivity index (χ0v) is 62.3. The lowest BCUT2D eigenvalue weighted by Gasteiger charge is -2.41. The van der Waals surface area contributed by atoms with Crippen molar-refractivity contribution in [1.29, 1.82) is 0 Å². The number of rotatable bonds is 44. The predicted molar refractivity (Wildman–Crippen MR) is 402 cm³/mol. The normalized spacial score (nSPS) is 18.5. The first-order valence-electron chi connectivity index (χ1n) is 36.3. The number of hydrogen-bond acceptors (Lipinski definition) is 25. The SMILES string of the molecule is C/C=C/[C@@H]1O[C@H]([C@H](O)/C=C/C=C(\C)C[C@@H](C)/C=C(C)\C=C\[C@H]2CC=CC(=O)O2)CC(NCc2cn(-c3ccc(C(=O)NCCCC[C@H](NC(=O)[C@H](CC(=O)O)CC(=O)[C@H](CC(=O)O)NC(=O)[C@@H](CC(=O)O)CC(=O)CC[C@H](NC(=O)c4ccc(NCc5cnc6nc(N)nc(O)c6n5)cc4)C(=O)O)C(=O)O)cc3)nn2)[C@@H]1C. The lowest BCUT2D eigenvalue weighted by Crippen LogP contribution is -2.51. The maximum atomic E-state index is 13.8. The average molecular weight is 1550 g/mol. The molecule has 15 N–H and O–H groups in total. The van der Waals surface area contributed by atoms with Crippen molar-refractivity contribution in [3.05, 3.63) is 155 Å². The minimum atomic E-state index is -2.04. The highest BCUT2D eigenvalue weighted by Gasteiger charge is 2.38. The molecule has 2 aliphatic heterocycles. The van der Waals surface area contributed by atoms with Crippen LogP contribution in [0.1, 0.15) is 150 Å². The number of nitrogens with zero attached hydrogens (tertiary/aromatic N) is 7. The molecule has 0 saturated carbocycles. The fourth-order valence-corrected chi connectivity index (χ4v) is 12.5. The third kappa shape index (κ3) is 28.0. The lowest BCUT2D eigenvalue weighted by atomic mass is 9.86. The molecule has 3 aromatic heterocycles. The number of anilines is 2. The third-order valence-corrected chi connectivity index (χ3v) is 18.4. The van der Waals surface area contributed by atoms with E-state index in [1.54, 1.807) is 47.3 Å². The van der Waals surface area contributed by atoms with Gasteiger partial charge in [-0.25, -0.2) is 29.0 Å². The van der Waals surface area contributed by atoms with Crippen molar-refractivity contribution >= 4 is 93.8 Å². The van der Waals surface area contributed by atoms with Gasteiger partial charge in [-0.2, -0.15) is 9.97 Å². The number of hydrogen-bond donors (Lipinski definition) is 14. The summed E-state index contributed by atoms with van der Waals surface area (Å²) in [4.78, 5) is 169. The van der Waals surface area contributed by atoms with E-state index in [1.165, 1.54) is 36.5 Å². The van der Waals surface area contributed by atoms with Crippen molar-refractivity contribution in [2.45, 2.75) is 180 Å². The topological polar surface area (TPSA) is 545 Å². The van der Waals surface area contributed by atoms with Gasteiger partial charge in [0.1, 0.15) is 24.0 Å². The smallest absolute Gasteiger partial charge is 0.331 e. The number of unbranched alkanes of at least 4 members (excludes halogenated alkanes) is 1. The molecule has 4 amide bonds. The second kappa shape index (κ2) is 42.7. The van der Waals surface area contributed by atoms with Crippen LogP contribution in [0.3, 0.4) is 0 Å². The Morgan fingerprint density at radius 1 is 0.741 bits per heavy atom. The van der Waals surface area contributed by atoms with E-state index in [9.17, 15) is 93.3 Å². The number of Topliss-reactive ketones (excluding diaryl/α,β-unsaturated/α-hetero) is 2. The Kier molecular flexibility index (Phi) is 33.1. The molecular weight excluding hydrogens is 1460 g/mol. The minimum absolute atomic E-state index is 0.00752. The van der Waals surface area contributed by atoms with Crippen molar-refractivity contribution in [2.75, 3.05) is 17.6 Å². The zero-order valence-electron chi connectivity index (χ0n) is 62.3. The van der Waals surface area contributed by atoms with Gasteiger partial charge in [-0.3, -0.25) is 43.2 Å². The largest absolute Gasteiger partial charge is 0.492 e. The first-order valence-corrected chi connectivity index (χ1v) is 36.3. The number of aliphatic hydroxyl groups excluding tert-OH is 1. The first kappa shape index (κ1) is 87.0. The van der Waals surface area contributed by atoms with Gasteiger partial charge in [0.15, 0.2) is 16.9 Å². The van der Waals surface area contributed by atoms with Crippen molar-refractivity contribution < 1.29 is 103 Å². The standard InChI is InChI=1S/C77H94N14O21/c1-6-11-62-45(5)58(36-63(112-62)60(93)15-9-12-42(2)30-44(4)31-43(3)17-27-55-13-10-16-67(101)111-55)81-40-52-41-91(90-89-52)53-24-20-46(21-25-53)70(102)79-29-8-7-14-56(75(107)108)84-73(105)49(35-65(97)98)33-61(94)59(37-66(99)100)86-72(104)48(34-64(95)96)32-54(92)26-28-57(76(109)110)85-71(103)47-18-22-50(23-19-47)80-38-51-39-82-69-68(83-51)74(106)88-77(78)87-69/h6,9-12,15-25,27,31,39,41,44-45,48-49,55-60,62-63,80-81,93H,7-8,13-14,26,28-30,32-38,40H2,1-5H3,(H,79,102)(H,84,105)(H,85,103)(H,86,104)(H,95,96)(H,97,98)(H,99,100)(H,107,108)(H,109,110)(H3,78,82,87,88,106)/b11-6+,15-9+,27-17+,42-12+,43-31-/t44-,45+,48-,49+,55-,56+,57+,58?,59+,60-,62+,63+/m1/s1. The van der Waals surface area contributed by atoms with Crippen LogP contribution in [0.2, 0.25) is 0 Å². The van der Waals surface area contributed by atoms with Gasteiger partial charge in [-0.05, 0) is 120 Å². The number of ketones is 2. The molecule has 1 saturated heterocycles. The number of nitrogens with one attached hydrogen (secondary N) is 6. The Hall–Kier alpha value is -12.2. The van der Waals surface area contributed by atoms with Crippen molar-refractivity contribution in [3.63, 3.8) is 0 Å². The summed E-state index contributed by atoms with van der Waals surface area (Å²) in [5.41, 5.74) is 10.2. The fraction of sp³-hybridized carbons (Fsp3) is 0.429. The van der Waals surface area contributed by atoms with E-state index in [4.69, 9.17) is 15.2 Å². The maximum absolute atomic E-state index is 13.8. The van der Waals surface area contributed by atoms with E-state index in [2.05, 4.69) is 82.1 Å². The monoisotopic (exact) mass is 1550 g/mol. The highest BCUT2D eigenvalue weighted by Crippen LogP contribution is 2.30. The average Bonchev–Trinajstić information content (AvgIpc) is 1.35. The second-order valence-electron chi connectivity index (χ2n) is 27.5. The summed E-state index contributed by atoms with van der Waals surface area (Å²) in [7, 11) is 0. The molecule has 0 spiro atoms. The van der Waals surface area contributed by atoms with Crippen molar-refractivity contribution in [2.24, 2.45) is 23.7 Å². The fourth-order valence-electron chi connectivity index (χ4n) is 12.5. The summed E-state index contributed by atoms with van der Waals surface area (Å²) in [5.74, 6) is -18.4. The number of nitrogens with two attached hydrogens (primary N) is 1. The summed E-state index contributed by atoms with van der Waals surface area (Å²) in [6.45, 7) is 10.7. The number of carboxylic acids is 5. The quantitative estimate of drug-likeness (QED) is 0.0103. The van der Waals surface area contributed by atoms with E-state index in [0.717, 1.165) is 17.6 Å². The molecule has 2 aliphatic rings. The molecule has 1 unspecified atom stereocenters. The number of carbonyl (C=O) groups is 12. The van der Waals surface area contributed by atoms with Gasteiger partial charge in [0.25, 0.3) is 11.8 Å². The number of ether oxygens (including phenoxy) is 2. The molecule has 5 aromatic rings. The van der Waals surface area contributed by atoms with Crippen LogP contribution in [0.5, 0.6) is 5.88 Å². The summed E-state index contributed by atoms with van der Waals surface area (Å²) < 4.78 is 13.3. The summed E-state index contributed by atoms with van der Waals surface area (Å²) >= 11 is 0. The number of allylic oxidation sites excluding steroid dienone is 7. The van der Waals surface area contributed by atoms with E-state index in [-0.39, 0.29) is 96.6 Å². The van der Waals surface area contributed by atoms with Crippen LogP contribution in [0, 0.1) is 23.7 Å². The molecule has 0 bridgehead atoms. The molecule has 35 nitrogen and oxygen atoms in total. The van der Waals surface area contributed by atoms with Gasteiger partial charge < -0.3 is 82.9 Å². The van der Waals surface area contributed by atoms with Gasteiger partial charge in [-0.15, -0.1) is 5.10 Å². The molecule has 598 valence electrons. The Morgan fingerprint density at radius 2 is 1.39 bits per heavy atom. The molecule has 2 aromatic carbocycles. The number of carbonyl (C=O) groups excluding carboxylic acids is 7. The number of esters is 1. The van der Waals surface area contributed by atoms with Crippen LogP contribution >= 0.6 is 0 Å². The number of fused-ring (bicyclic) bond motifs is 1. The summed E-state index contributed by atoms with van der Waals surface area (Å²) in [6, 6.07) is 6.78. The number of aromatic nitrogens is 7. The van der Waals surface area contributed by atoms with Crippen LogP contribution in [0.4, 0.5) is 11.6 Å². The number of aliphatic carboxylic acids is 5. The number of aliphatic hydroxyl groups is 1. The molecule has 1 fully saturated rings. The van der Waals surface area contributed by atoms with Crippen LogP contribution in [0.15, 0.2) is 133 Å². The van der Waals surface area contributed by atoms with Crippen LogP contribution in [0.25, 0.3) is 16.9 Å². The van der Waals surface area contributed by atoms with E-state index >= 15 is 0 Å². The number of aromatic hydroxyl groups is 1. The Labute approximate surface area is 643 Å². The van der Waals surface area contributed by atoms with Gasteiger partial charge in [0, 0.05) is 73.6 Å². The molecule has 7 rings (SSSR count). The zero-order chi connectivity index (χ0) is 81.7. The predicted octanol–water partition coefficient (Wildman–Crippen LogP) is 5.18. The highest BCUT2D eigenvalue weighted by molar-refractivity contribution is 5.99. The minimum Gasteiger partial charge on any atom is -0.492 e. The molecule has 12 atom stereocenters. The first-order chi connectivity index (χ1) is 53.3. The molecule has 112 heavy (non-hydrogen) atoms. The molecule has 0 aliphatic carbocycles. The van der Waals surface area contributed by atoms with E-state index in [0.29, 0.717) is 42.1 Å². The number of nitrogen functional groups attached to an aromatic ring is 1. The van der Waals surface area contributed by atoms with E-state index < -0.39 is 158 Å². The molecule has 5 heterocycles. The van der Waals surface area contributed by atoms with Gasteiger partial charge in [0.05, 0.1) is 91.5 Å². The molecule has 35 heteroatoms. The van der Waals surface area contributed by atoms with E-state index in [1.807, 2.05) is 57.2 Å². The number of cyclic esters (lactones) is 1. The van der Waals surface area contributed by atoms with Crippen LogP contribution < -0.4 is 37.6 Å². The summed E-state index contributed by atoms with van der Waals surface area (Å²) in [6.07, 6.45) is 15.6.